The third-order valence-electron chi connectivity index (χ3n) is 4.22. The molecule has 1 rings (SSSR count). The van der Waals surface area contributed by atoms with Crippen LogP contribution in [0.15, 0.2) is 0 Å². The molecular formula is C14H29NO. The van der Waals surface area contributed by atoms with E-state index in [0.717, 1.165) is 31.8 Å². The molecule has 0 saturated heterocycles. The Morgan fingerprint density at radius 3 is 2.31 bits per heavy atom. The van der Waals surface area contributed by atoms with Crippen molar-refractivity contribution in [1.29, 1.82) is 0 Å². The van der Waals surface area contributed by atoms with Crippen LogP contribution >= 0.6 is 0 Å². The second-order valence-electron chi connectivity index (χ2n) is 5.40. The molecule has 0 aromatic rings. The Bertz CT molecular complexity index is 172. The van der Waals surface area contributed by atoms with Crippen molar-refractivity contribution in [3.8, 4) is 0 Å². The van der Waals surface area contributed by atoms with E-state index in [2.05, 4.69) is 19.2 Å². The van der Waals surface area contributed by atoms with E-state index in [1.165, 1.54) is 38.5 Å². The molecular weight excluding hydrogens is 198 g/mol. The molecule has 2 heteroatoms. The maximum absolute atomic E-state index is 10.1. The van der Waals surface area contributed by atoms with E-state index in [1.54, 1.807) is 0 Å². The molecule has 0 aromatic carbocycles. The molecule has 0 bridgehead atoms. The summed E-state index contributed by atoms with van der Waals surface area (Å²) in [4.78, 5) is 0. The summed E-state index contributed by atoms with van der Waals surface area (Å²) >= 11 is 0. The quantitative estimate of drug-likeness (QED) is 0.655. The number of nitrogens with one attached hydrogen (secondary N) is 1. The fourth-order valence-electron chi connectivity index (χ4n) is 2.60. The van der Waals surface area contributed by atoms with E-state index >= 15 is 0 Å². The topological polar surface area (TPSA) is 32.3 Å². The molecule has 0 spiro atoms. The minimum absolute atomic E-state index is 0.480. The lowest BCUT2D eigenvalue weighted by Crippen LogP contribution is -2.40. The first-order chi connectivity index (χ1) is 7.70. The smallest absolute Gasteiger partial charge is 0.0766 e. The van der Waals surface area contributed by atoms with Gasteiger partial charge in [-0.1, -0.05) is 46.0 Å². The van der Waals surface area contributed by atoms with Crippen LogP contribution in [0, 0.1) is 5.92 Å². The Balaban J connectivity index is 2.06. The number of hydrogen-bond donors (Lipinski definition) is 2. The molecule has 0 heterocycles. The number of aliphatic hydroxyl groups is 1. The lowest BCUT2D eigenvalue weighted by Gasteiger charge is -2.26. The highest BCUT2D eigenvalue weighted by Gasteiger charge is 2.21. The van der Waals surface area contributed by atoms with Gasteiger partial charge in [-0.15, -0.1) is 0 Å². The van der Waals surface area contributed by atoms with Gasteiger partial charge in [-0.25, -0.2) is 0 Å². The van der Waals surface area contributed by atoms with Crippen LogP contribution in [0.25, 0.3) is 0 Å². The monoisotopic (exact) mass is 227 g/mol. The predicted molar refractivity (Wildman–Crippen MR) is 69.6 cm³/mol. The largest absolute Gasteiger partial charge is 0.389 e. The molecule has 0 radical (unpaired) electrons. The van der Waals surface area contributed by atoms with Crippen LogP contribution < -0.4 is 5.32 Å². The van der Waals surface area contributed by atoms with Crippen molar-refractivity contribution >= 4 is 0 Å². The van der Waals surface area contributed by atoms with Crippen LogP contribution in [-0.2, 0) is 0 Å². The van der Waals surface area contributed by atoms with E-state index < -0.39 is 5.60 Å². The SMILES string of the molecule is CCC(O)(CC)CNCCC1CCCCC1. The summed E-state index contributed by atoms with van der Waals surface area (Å²) in [7, 11) is 0. The van der Waals surface area contributed by atoms with Crippen molar-refractivity contribution in [3.05, 3.63) is 0 Å². The highest BCUT2D eigenvalue weighted by molar-refractivity contribution is 4.78. The van der Waals surface area contributed by atoms with E-state index in [0.29, 0.717) is 0 Å². The maximum Gasteiger partial charge on any atom is 0.0766 e. The second kappa shape index (κ2) is 7.29. The average molecular weight is 227 g/mol. The van der Waals surface area contributed by atoms with Gasteiger partial charge in [0.1, 0.15) is 0 Å². The molecule has 0 unspecified atom stereocenters. The Hall–Kier alpha value is -0.0800. The summed E-state index contributed by atoms with van der Waals surface area (Å²) in [6.45, 7) is 5.96. The maximum atomic E-state index is 10.1. The Morgan fingerprint density at radius 1 is 1.12 bits per heavy atom. The highest BCUT2D eigenvalue weighted by Crippen LogP contribution is 2.25. The normalized spacial score (nSPS) is 18.9. The molecule has 96 valence electrons. The minimum atomic E-state index is -0.480. The lowest BCUT2D eigenvalue weighted by molar-refractivity contribution is 0.0323. The fraction of sp³-hybridized carbons (Fsp3) is 1.00. The lowest BCUT2D eigenvalue weighted by atomic mass is 9.87. The molecule has 2 nitrogen and oxygen atoms in total. The van der Waals surface area contributed by atoms with Gasteiger partial charge in [0.05, 0.1) is 5.60 Å². The van der Waals surface area contributed by atoms with Crippen LogP contribution in [-0.4, -0.2) is 23.8 Å². The van der Waals surface area contributed by atoms with Gasteiger partial charge < -0.3 is 10.4 Å². The van der Waals surface area contributed by atoms with E-state index in [4.69, 9.17) is 0 Å². The Labute approximate surface area is 101 Å². The molecule has 1 aliphatic rings. The highest BCUT2D eigenvalue weighted by atomic mass is 16.3. The standard InChI is InChI=1S/C14H29NO/c1-3-14(16,4-2)12-15-11-10-13-8-6-5-7-9-13/h13,15-16H,3-12H2,1-2H3. The van der Waals surface area contributed by atoms with E-state index in [9.17, 15) is 5.11 Å². The zero-order chi connectivity index (χ0) is 11.9. The van der Waals surface area contributed by atoms with Gasteiger partial charge in [0.25, 0.3) is 0 Å². The molecule has 0 aliphatic heterocycles. The van der Waals surface area contributed by atoms with Crippen LogP contribution in [0.3, 0.4) is 0 Å². The van der Waals surface area contributed by atoms with Crippen molar-refractivity contribution in [2.24, 2.45) is 5.92 Å². The van der Waals surface area contributed by atoms with Gasteiger partial charge in [-0.3, -0.25) is 0 Å². The fourth-order valence-corrected chi connectivity index (χ4v) is 2.60. The molecule has 0 amide bonds. The summed E-state index contributed by atoms with van der Waals surface area (Å²) in [5, 5.41) is 13.5. The summed E-state index contributed by atoms with van der Waals surface area (Å²) in [6, 6.07) is 0. The first-order valence-electron chi connectivity index (χ1n) is 7.13. The van der Waals surface area contributed by atoms with E-state index in [-0.39, 0.29) is 0 Å². The van der Waals surface area contributed by atoms with Crippen LogP contribution in [0.2, 0.25) is 0 Å². The van der Waals surface area contributed by atoms with Crippen LogP contribution in [0.4, 0.5) is 0 Å². The van der Waals surface area contributed by atoms with Crippen molar-refractivity contribution in [2.45, 2.75) is 70.8 Å². The molecule has 1 saturated carbocycles. The number of rotatable bonds is 7. The van der Waals surface area contributed by atoms with Gasteiger partial charge in [-0.05, 0) is 31.7 Å². The second-order valence-corrected chi connectivity index (χ2v) is 5.40. The molecule has 1 aliphatic carbocycles. The first-order valence-corrected chi connectivity index (χ1v) is 7.13. The molecule has 0 aromatic heterocycles. The van der Waals surface area contributed by atoms with E-state index in [1.807, 2.05) is 0 Å². The van der Waals surface area contributed by atoms with Gasteiger partial charge in [0.15, 0.2) is 0 Å². The predicted octanol–water partition coefficient (Wildman–Crippen LogP) is 3.10. The molecule has 2 N–H and O–H groups in total. The third kappa shape index (κ3) is 4.84. The minimum Gasteiger partial charge on any atom is -0.389 e. The molecule has 0 atom stereocenters. The van der Waals surface area contributed by atoms with Crippen molar-refractivity contribution < 1.29 is 5.11 Å². The Morgan fingerprint density at radius 2 is 1.75 bits per heavy atom. The zero-order valence-corrected chi connectivity index (χ0v) is 11.1. The third-order valence-corrected chi connectivity index (χ3v) is 4.22. The van der Waals surface area contributed by atoms with Gasteiger partial charge >= 0.3 is 0 Å². The van der Waals surface area contributed by atoms with Gasteiger partial charge in [-0.2, -0.15) is 0 Å². The van der Waals surface area contributed by atoms with Crippen molar-refractivity contribution in [2.75, 3.05) is 13.1 Å². The molecule has 1 fully saturated rings. The van der Waals surface area contributed by atoms with Crippen molar-refractivity contribution in [3.63, 3.8) is 0 Å². The van der Waals surface area contributed by atoms with Crippen LogP contribution in [0.1, 0.15) is 65.2 Å². The molecule has 16 heavy (non-hydrogen) atoms. The van der Waals surface area contributed by atoms with Crippen LogP contribution in [0.5, 0.6) is 0 Å². The zero-order valence-electron chi connectivity index (χ0n) is 11.1. The summed E-state index contributed by atoms with van der Waals surface area (Å²) in [6.07, 6.45) is 10.1. The summed E-state index contributed by atoms with van der Waals surface area (Å²) in [5.41, 5.74) is -0.480. The number of hydrogen-bond acceptors (Lipinski definition) is 2. The van der Waals surface area contributed by atoms with Crippen molar-refractivity contribution in [1.82, 2.24) is 5.32 Å². The van der Waals surface area contributed by atoms with Gasteiger partial charge in [0, 0.05) is 6.54 Å². The summed E-state index contributed by atoms with van der Waals surface area (Å²) < 4.78 is 0. The first kappa shape index (κ1) is 14.0. The van der Waals surface area contributed by atoms with Gasteiger partial charge in [0.2, 0.25) is 0 Å². The average Bonchev–Trinajstić information content (AvgIpc) is 2.36. The Kier molecular flexibility index (Phi) is 6.37. The summed E-state index contributed by atoms with van der Waals surface area (Å²) in [5.74, 6) is 0.942.